The monoisotopic (exact) mass is 894 g/mol. The third-order valence-electron chi connectivity index (χ3n) is 11.3. The molecule has 3 aromatic rings. The second kappa shape index (κ2) is 22.8. The number of benzene rings is 3. The number of anilines is 1. The molecular weight excluding hydrogens is 833 g/mol. The lowest BCUT2D eigenvalue weighted by Crippen LogP contribution is -2.57. The fraction of sp³-hybridized carbons (Fsp3) is 0.458. The standard InChI is InChI=1S/C48H62N8O9/c1-27(2)23-36(55-46(63)37(54-44(61)29(5)49)25-30-16-18-31(57)19-17-30)45(62)52-26-40(58)53-38(24-28(3)4)48(65)56-22-9-15-39(56)47(64)51-21-10-20-50-35-14-8-13-34-41(35)43(60)33-12-7-6-11-32(33)42(34)59/h6-8,11-14,16-19,27-29,36-39,50,57H,9-10,15,20-26,49H2,1-5H3,(H,51,64)(H,52,62)(H,53,58)(H,54,61)(H,55,63)/t29-,36-,37-,38-,39-/m0/s1. The van der Waals surface area contributed by atoms with Crippen molar-refractivity contribution in [3.8, 4) is 5.75 Å². The van der Waals surface area contributed by atoms with Gasteiger partial charge in [0.15, 0.2) is 11.6 Å². The lowest BCUT2D eigenvalue weighted by Gasteiger charge is -2.29. The molecule has 9 N–H and O–H groups in total. The van der Waals surface area contributed by atoms with Crippen molar-refractivity contribution in [2.45, 2.75) is 103 Å². The number of hydrogen-bond acceptors (Lipinski definition) is 11. The van der Waals surface area contributed by atoms with Gasteiger partial charge in [0.1, 0.15) is 29.9 Å². The quantitative estimate of drug-likeness (QED) is 0.0564. The molecule has 65 heavy (non-hydrogen) atoms. The van der Waals surface area contributed by atoms with Crippen LogP contribution in [0.5, 0.6) is 5.75 Å². The fourth-order valence-corrected chi connectivity index (χ4v) is 8.02. The van der Waals surface area contributed by atoms with E-state index in [0.29, 0.717) is 65.9 Å². The average Bonchev–Trinajstić information content (AvgIpc) is 3.77. The summed E-state index contributed by atoms with van der Waals surface area (Å²) in [4.78, 5) is 108. The summed E-state index contributed by atoms with van der Waals surface area (Å²) in [7, 11) is 0. The van der Waals surface area contributed by atoms with Crippen LogP contribution in [0.15, 0.2) is 66.7 Å². The number of phenolic OH excluding ortho intramolecular Hbond substituents is 1. The number of hydrogen-bond donors (Lipinski definition) is 8. The smallest absolute Gasteiger partial charge is 0.245 e. The molecule has 348 valence electrons. The zero-order valence-corrected chi connectivity index (χ0v) is 37.7. The van der Waals surface area contributed by atoms with Gasteiger partial charge in [-0.15, -0.1) is 0 Å². The first kappa shape index (κ1) is 49.4. The molecule has 0 radical (unpaired) electrons. The van der Waals surface area contributed by atoms with Crippen LogP contribution in [0.2, 0.25) is 0 Å². The van der Waals surface area contributed by atoms with Crippen molar-refractivity contribution in [2.24, 2.45) is 17.6 Å². The normalized spacial score (nSPS) is 16.1. The van der Waals surface area contributed by atoms with E-state index < -0.39 is 66.3 Å². The highest BCUT2D eigenvalue weighted by molar-refractivity contribution is 6.30. The number of amides is 6. The molecule has 17 heteroatoms. The molecule has 1 fully saturated rings. The number of nitrogens with one attached hydrogen (secondary N) is 6. The highest BCUT2D eigenvalue weighted by atomic mass is 16.3. The number of phenols is 1. The Bertz CT molecular complexity index is 2240. The van der Waals surface area contributed by atoms with Gasteiger partial charge >= 0.3 is 0 Å². The Kier molecular flexibility index (Phi) is 17.4. The summed E-state index contributed by atoms with van der Waals surface area (Å²) < 4.78 is 0. The molecule has 0 bridgehead atoms. The van der Waals surface area contributed by atoms with Gasteiger partial charge in [0, 0.05) is 48.4 Å². The van der Waals surface area contributed by atoms with E-state index in [4.69, 9.17) is 5.73 Å². The summed E-state index contributed by atoms with van der Waals surface area (Å²) in [6.45, 7) is 9.50. The molecule has 3 aromatic carbocycles. The maximum atomic E-state index is 14.0. The first-order valence-electron chi connectivity index (χ1n) is 22.3. The number of ketones is 2. The summed E-state index contributed by atoms with van der Waals surface area (Å²) in [6, 6.07) is 13.2. The number of rotatable bonds is 21. The van der Waals surface area contributed by atoms with Gasteiger partial charge in [-0.3, -0.25) is 38.4 Å². The van der Waals surface area contributed by atoms with E-state index >= 15 is 0 Å². The van der Waals surface area contributed by atoms with Gasteiger partial charge in [0.2, 0.25) is 35.4 Å². The van der Waals surface area contributed by atoms with Crippen LogP contribution in [0.1, 0.15) is 104 Å². The summed E-state index contributed by atoms with van der Waals surface area (Å²) in [5.74, 6) is -3.70. The van der Waals surface area contributed by atoms with Crippen molar-refractivity contribution in [3.05, 3.63) is 94.5 Å². The molecule has 1 aliphatic heterocycles. The molecule has 0 spiro atoms. The van der Waals surface area contributed by atoms with Crippen LogP contribution < -0.4 is 37.6 Å². The van der Waals surface area contributed by atoms with Crippen LogP contribution in [0, 0.1) is 11.8 Å². The van der Waals surface area contributed by atoms with Gasteiger partial charge < -0.3 is 47.6 Å². The van der Waals surface area contributed by atoms with E-state index in [-0.39, 0.29) is 60.9 Å². The molecule has 1 heterocycles. The number of likely N-dealkylation sites (tertiary alicyclic amines) is 1. The minimum Gasteiger partial charge on any atom is -0.508 e. The first-order chi connectivity index (χ1) is 30.9. The molecule has 1 saturated heterocycles. The third kappa shape index (κ3) is 13.2. The highest BCUT2D eigenvalue weighted by Gasteiger charge is 2.38. The van der Waals surface area contributed by atoms with Crippen LogP contribution in [-0.4, -0.2) is 113 Å². The second-order valence-corrected chi connectivity index (χ2v) is 17.6. The summed E-state index contributed by atoms with van der Waals surface area (Å²) in [5.41, 5.74) is 8.32. The van der Waals surface area contributed by atoms with Gasteiger partial charge in [-0.05, 0) is 74.6 Å². The summed E-state index contributed by atoms with van der Waals surface area (Å²) >= 11 is 0. The first-order valence-corrected chi connectivity index (χ1v) is 22.3. The van der Waals surface area contributed by atoms with E-state index in [9.17, 15) is 43.5 Å². The number of fused-ring (bicyclic) bond motifs is 2. The molecule has 6 amide bonds. The number of aromatic hydroxyl groups is 1. The average molecular weight is 895 g/mol. The van der Waals surface area contributed by atoms with Crippen LogP contribution in [-0.2, 0) is 35.2 Å². The Balaban J connectivity index is 1.13. The number of nitrogens with two attached hydrogens (primary N) is 1. The lowest BCUT2D eigenvalue weighted by molar-refractivity contribution is -0.141. The molecular formula is C48H62N8O9. The minimum atomic E-state index is -1.10. The van der Waals surface area contributed by atoms with Crippen molar-refractivity contribution in [1.82, 2.24) is 31.5 Å². The fourth-order valence-electron chi connectivity index (χ4n) is 8.02. The Morgan fingerprint density at radius 2 is 1.34 bits per heavy atom. The molecule has 5 atom stereocenters. The molecule has 0 saturated carbocycles. The maximum absolute atomic E-state index is 14.0. The lowest BCUT2D eigenvalue weighted by atomic mass is 9.83. The largest absolute Gasteiger partial charge is 0.508 e. The van der Waals surface area contributed by atoms with E-state index in [0.717, 1.165) is 0 Å². The van der Waals surface area contributed by atoms with E-state index in [1.54, 1.807) is 54.6 Å². The Morgan fingerprint density at radius 1 is 0.708 bits per heavy atom. The zero-order chi connectivity index (χ0) is 47.4. The molecule has 17 nitrogen and oxygen atoms in total. The van der Waals surface area contributed by atoms with Gasteiger partial charge in [-0.1, -0.05) is 76.2 Å². The van der Waals surface area contributed by atoms with Crippen molar-refractivity contribution in [3.63, 3.8) is 0 Å². The van der Waals surface area contributed by atoms with Gasteiger partial charge in [-0.2, -0.15) is 0 Å². The highest BCUT2D eigenvalue weighted by Crippen LogP contribution is 2.32. The summed E-state index contributed by atoms with van der Waals surface area (Å²) in [5, 5.41) is 26.5. The third-order valence-corrected chi connectivity index (χ3v) is 11.3. The van der Waals surface area contributed by atoms with E-state index in [1.165, 1.54) is 24.0 Å². The molecule has 1 aliphatic carbocycles. The Morgan fingerprint density at radius 3 is 2.00 bits per heavy atom. The van der Waals surface area contributed by atoms with Crippen LogP contribution in [0.4, 0.5) is 5.69 Å². The van der Waals surface area contributed by atoms with Crippen LogP contribution in [0.3, 0.4) is 0 Å². The number of carbonyl (C=O) groups excluding carboxylic acids is 8. The number of nitrogens with zero attached hydrogens (tertiary/aromatic N) is 1. The molecule has 0 aromatic heterocycles. The van der Waals surface area contributed by atoms with Crippen molar-refractivity contribution < 1.29 is 43.5 Å². The Labute approximate surface area is 379 Å². The van der Waals surface area contributed by atoms with Crippen molar-refractivity contribution in [2.75, 3.05) is 31.5 Å². The molecule has 2 aliphatic rings. The predicted octanol–water partition coefficient (Wildman–Crippen LogP) is 2.33. The Hall–Kier alpha value is -6.62. The maximum Gasteiger partial charge on any atom is 0.245 e. The van der Waals surface area contributed by atoms with Crippen LogP contribution >= 0.6 is 0 Å². The summed E-state index contributed by atoms with van der Waals surface area (Å²) in [6.07, 6.45) is 2.05. The predicted molar refractivity (Wildman–Crippen MR) is 244 cm³/mol. The van der Waals surface area contributed by atoms with Crippen LogP contribution in [0.25, 0.3) is 0 Å². The van der Waals surface area contributed by atoms with Gasteiger partial charge in [0.25, 0.3) is 0 Å². The van der Waals surface area contributed by atoms with Gasteiger partial charge in [-0.25, -0.2) is 0 Å². The van der Waals surface area contributed by atoms with Crippen molar-refractivity contribution >= 4 is 52.7 Å². The molecule has 5 rings (SSSR count). The topological polar surface area (TPSA) is 258 Å². The zero-order valence-electron chi connectivity index (χ0n) is 37.7. The van der Waals surface area contributed by atoms with Crippen molar-refractivity contribution in [1.29, 1.82) is 0 Å². The SMILES string of the molecule is CC(C)C[C@H](NC(=O)[C@H](Cc1ccc(O)cc1)NC(=O)[C@H](C)N)C(=O)NCC(=O)N[C@@H](CC(C)C)C(=O)N1CCC[C@H]1C(=O)NCCCNc1cccc2c1C(=O)c1ccccc1C2=O. The molecule has 0 unspecified atom stereocenters. The minimum absolute atomic E-state index is 0.0116. The number of carbonyl (C=O) groups is 8. The van der Waals surface area contributed by atoms with Gasteiger partial charge in [0.05, 0.1) is 18.2 Å². The second-order valence-electron chi connectivity index (χ2n) is 17.6. The van der Waals surface area contributed by atoms with E-state index in [2.05, 4.69) is 31.9 Å². The van der Waals surface area contributed by atoms with E-state index in [1.807, 2.05) is 27.7 Å².